The number of rotatable bonds is 2. The molecule has 0 aliphatic rings. The molecule has 1 heterocycles. The van der Waals surface area contributed by atoms with Crippen LogP contribution in [0.5, 0.6) is 5.75 Å². The molecule has 106 valence electrons. The van der Waals surface area contributed by atoms with Gasteiger partial charge in [0.2, 0.25) is 0 Å². The number of aryl methyl sites for hydroxylation is 1. The predicted molar refractivity (Wildman–Crippen MR) is 68.8 cm³/mol. The molecule has 2 rings (SSSR count). The molecule has 0 atom stereocenters. The number of hydrogen-bond donors (Lipinski definition) is 0. The maximum atomic E-state index is 12.7. The fourth-order valence-corrected chi connectivity index (χ4v) is 1.98. The SMILES string of the molecule is COc1cc(C(F)(F)F)ccc1-c1nnc(Cl)cc1C. The van der Waals surface area contributed by atoms with Gasteiger partial charge in [-0.1, -0.05) is 11.6 Å². The topological polar surface area (TPSA) is 35.0 Å². The van der Waals surface area contributed by atoms with Crippen molar-refractivity contribution >= 4 is 11.6 Å². The number of alkyl halides is 3. The molecule has 0 saturated heterocycles. The zero-order chi connectivity index (χ0) is 14.9. The summed E-state index contributed by atoms with van der Waals surface area (Å²) in [6.45, 7) is 1.74. The van der Waals surface area contributed by atoms with Gasteiger partial charge in [0.25, 0.3) is 0 Å². The minimum Gasteiger partial charge on any atom is -0.496 e. The van der Waals surface area contributed by atoms with E-state index in [1.54, 1.807) is 13.0 Å². The van der Waals surface area contributed by atoms with Gasteiger partial charge in [0.05, 0.1) is 18.4 Å². The van der Waals surface area contributed by atoms with Crippen molar-refractivity contribution in [2.24, 2.45) is 0 Å². The highest BCUT2D eigenvalue weighted by atomic mass is 35.5. The Morgan fingerprint density at radius 3 is 2.40 bits per heavy atom. The molecule has 0 unspecified atom stereocenters. The number of methoxy groups -OCH3 is 1. The molecule has 2 aromatic rings. The second-order valence-corrected chi connectivity index (χ2v) is 4.50. The lowest BCUT2D eigenvalue weighted by molar-refractivity contribution is -0.137. The summed E-state index contributed by atoms with van der Waals surface area (Å²) >= 11 is 5.71. The van der Waals surface area contributed by atoms with Crippen LogP contribution in [0.25, 0.3) is 11.3 Å². The molecule has 0 fully saturated rings. The summed E-state index contributed by atoms with van der Waals surface area (Å²) in [5, 5.41) is 7.83. The number of benzene rings is 1. The van der Waals surface area contributed by atoms with Crippen LogP contribution in [-0.2, 0) is 6.18 Å². The Labute approximate surface area is 118 Å². The van der Waals surface area contributed by atoms with E-state index in [-0.39, 0.29) is 10.9 Å². The molecule has 0 aliphatic carbocycles. The summed E-state index contributed by atoms with van der Waals surface area (Å²) in [6.07, 6.45) is -4.42. The van der Waals surface area contributed by atoms with E-state index in [0.717, 1.165) is 12.1 Å². The Hall–Kier alpha value is -1.82. The van der Waals surface area contributed by atoms with Crippen LogP contribution in [0.2, 0.25) is 5.15 Å². The third-order valence-electron chi connectivity index (χ3n) is 2.74. The van der Waals surface area contributed by atoms with E-state index >= 15 is 0 Å². The van der Waals surface area contributed by atoms with Gasteiger partial charge >= 0.3 is 6.18 Å². The van der Waals surface area contributed by atoms with Crippen molar-refractivity contribution in [2.75, 3.05) is 7.11 Å². The largest absolute Gasteiger partial charge is 0.496 e. The fraction of sp³-hybridized carbons (Fsp3) is 0.231. The van der Waals surface area contributed by atoms with Gasteiger partial charge in [-0.2, -0.15) is 13.2 Å². The quantitative estimate of drug-likeness (QED) is 0.836. The summed E-state index contributed by atoms with van der Waals surface area (Å²) in [4.78, 5) is 0. The third kappa shape index (κ3) is 2.85. The van der Waals surface area contributed by atoms with E-state index in [1.807, 2.05) is 0 Å². The Balaban J connectivity index is 2.57. The smallest absolute Gasteiger partial charge is 0.416 e. The standard InChI is InChI=1S/C13H10ClF3N2O/c1-7-5-11(14)18-19-12(7)9-4-3-8(13(15,16)17)6-10(9)20-2/h3-6H,1-2H3. The summed E-state index contributed by atoms with van der Waals surface area (Å²) in [5.41, 5.74) is 0.780. The third-order valence-corrected chi connectivity index (χ3v) is 2.92. The molecule has 0 radical (unpaired) electrons. The van der Waals surface area contributed by atoms with Gasteiger partial charge in [-0.05, 0) is 36.8 Å². The summed E-state index contributed by atoms with van der Waals surface area (Å²) < 4.78 is 43.0. The lowest BCUT2D eigenvalue weighted by Crippen LogP contribution is -2.05. The molecular weight excluding hydrogens is 293 g/mol. The van der Waals surface area contributed by atoms with Gasteiger partial charge < -0.3 is 4.74 Å². The monoisotopic (exact) mass is 302 g/mol. The molecule has 0 amide bonds. The Kier molecular flexibility index (Phi) is 3.85. The van der Waals surface area contributed by atoms with Crippen molar-refractivity contribution in [2.45, 2.75) is 13.1 Å². The lowest BCUT2D eigenvalue weighted by atomic mass is 10.0. The number of ether oxygens (including phenoxy) is 1. The van der Waals surface area contributed by atoms with Gasteiger partial charge in [0.1, 0.15) is 5.75 Å². The zero-order valence-electron chi connectivity index (χ0n) is 10.6. The molecule has 3 nitrogen and oxygen atoms in total. The molecule has 0 bridgehead atoms. The first-order valence-corrected chi connectivity index (χ1v) is 5.96. The molecule has 7 heteroatoms. The van der Waals surface area contributed by atoms with Gasteiger partial charge in [-0.3, -0.25) is 0 Å². The van der Waals surface area contributed by atoms with Crippen LogP contribution in [-0.4, -0.2) is 17.3 Å². The first-order valence-electron chi connectivity index (χ1n) is 5.58. The molecule has 0 aliphatic heterocycles. The minimum atomic E-state index is -4.42. The number of hydrogen-bond acceptors (Lipinski definition) is 3. The summed E-state index contributed by atoms with van der Waals surface area (Å²) in [6, 6.07) is 4.81. The fourth-order valence-electron chi connectivity index (χ4n) is 1.78. The van der Waals surface area contributed by atoms with Gasteiger partial charge in [0, 0.05) is 5.56 Å². The molecule has 1 aromatic carbocycles. The Bertz CT molecular complexity index is 644. The van der Waals surface area contributed by atoms with Gasteiger partial charge in [0.15, 0.2) is 5.15 Å². The molecule has 1 aromatic heterocycles. The van der Waals surface area contributed by atoms with Crippen LogP contribution in [0.15, 0.2) is 24.3 Å². The molecule has 20 heavy (non-hydrogen) atoms. The van der Waals surface area contributed by atoms with Crippen LogP contribution < -0.4 is 4.74 Å². The van der Waals surface area contributed by atoms with Crippen molar-refractivity contribution in [1.29, 1.82) is 0 Å². The van der Waals surface area contributed by atoms with Crippen molar-refractivity contribution in [3.05, 3.63) is 40.5 Å². The average molecular weight is 303 g/mol. The molecule has 0 spiro atoms. The van der Waals surface area contributed by atoms with E-state index in [9.17, 15) is 13.2 Å². The van der Waals surface area contributed by atoms with Crippen LogP contribution in [0.1, 0.15) is 11.1 Å². The van der Waals surface area contributed by atoms with Crippen molar-refractivity contribution in [3.8, 4) is 17.0 Å². The first kappa shape index (κ1) is 14.6. The summed E-state index contributed by atoms with van der Waals surface area (Å²) in [7, 11) is 1.30. The second-order valence-electron chi connectivity index (χ2n) is 4.11. The highest BCUT2D eigenvalue weighted by molar-refractivity contribution is 6.29. The van der Waals surface area contributed by atoms with Gasteiger partial charge in [-0.15, -0.1) is 10.2 Å². The van der Waals surface area contributed by atoms with E-state index < -0.39 is 11.7 Å². The van der Waals surface area contributed by atoms with Crippen LogP contribution in [0.3, 0.4) is 0 Å². The van der Waals surface area contributed by atoms with Gasteiger partial charge in [-0.25, -0.2) is 0 Å². The Morgan fingerprint density at radius 1 is 1.15 bits per heavy atom. The first-order chi connectivity index (χ1) is 9.32. The van der Waals surface area contributed by atoms with Crippen molar-refractivity contribution in [3.63, 3.8) is 0 Å². The maximum Gasteiger partial charge on any atom is 0.416 e. The highest BCUT2D eigenvalue weighted by Gasteiger charge is 2.31. The Morgan fingerprint density at radius 2 is 1.85 bits per heavy atom. The molecular formula is C13H10ClF3N2O. The van der Waals surface area contributed by atoms with E-state index in [4.69, 9.17) is 16.3 Å². The molecule has 0 saturated carbocycles. The number of halogens is 4. The maximum absolute atomic E-state index is 12.7. The second kappa shape index (κ2) is 5.28. The number of nitrogens with zero attached hydrogens (tertiary/aromatic N) is 2. The lowest BCUT2D eigenvalue weighted by Gasteiger charge is -2.13. The summed E-state index contributed by atoms with van der Waals surface area (Å²) in [5.74, 6) is 0.0829. The van der Waals surface area contributed by atoms with E-state index in [0.29, 0.717) is 16.8 Å². The number of aromatic nitrogens is 2. The van der Waals surface area contributed by atoms with Crippen molar-refractivity contribution < 1.29 is 17.9 Å². The zero-order valence-corrected chi connectivity index (χ0v) is 11.4. The van der Waals surface area contributed by atoms with E-state index in [1.165, 1.54) is 13.2 Å². The minimum absolute atomic E-state index is 0.0829. The normalized spacial score (nSPS) is 11.5. The van der Waals surface area contributed by atoms with E-state index in [2.05, 4.69) is 10.2 Å². The highest BCUT2D eigenvalue weighted by Crippen LogP contribution is 2.37. The van der Waals surface area contributed by atoms with Crippen molar-refractivity contribution in [1.82, 2.24) is 10.2 Å². The van der Waals surface area contributed by atoms with Crippen LogP contribution in [0, 0.1) is 6.92 Å². The van der Waals surface area contributed by atoms with Crippen LogP contribution in [0.4, 0.5) is 13.2 Å². The average Bonchev–Trinajstić information content (AvgIpc) is 2.37. The predicted octanol–water partition coefficient (Wildman–Crippen LogP) is 4.13. The molecule has 0 N–H and O–H groups in total. The van der Waals surface area contributed by atoms with Crippen LogP contribution >= 0.6 is 11.6 Å².